The van der Waals surface area contributed by atoms with Gasteiger partial charge < -0.3 is 16.8 Å². The maximum Gasteiger partial charge on any atom is 0.241 e. The zero-order chi connectivity index (χ0) is 10.6. The molecule has 0 radical (unpaired) electrons. The van der Waals surface area contributed by atoms with Gasteiger partial charge in [0, 0.05) is 12.0 Å². The molecule has 0 bridgehead atoms. The van der Waals surface area contributed by atoms with Crippen LogP contribution in [0.5, 0.6) is 0 Å². The molecule has 0 aliphatic rings. The molecule has 0 saturated carbocycles. The second kappa shape index (κ2) is 4.23. The SMILES string of the molecule is CC(C)(C)C(=O)N[C@@H](CN)C(N)=O. The van der Waals surface area contributed by atoms with Crippen LogP contribution >= 0.6 is 0 Å². The number of primary amides is 1. The topological polar surface area (TPSA) is 98.2 Å². The molecule has 5 N–H and O–H groups in total. The molecule has 13 heavy (non-hydrogen) atoms. The highest BCUT2D eigenvalue weighted by Crippen LogP contribution is 2.12. The first-order chi connectivity index (χ1) is 5.79. The Morgan fingerprint density at radius 3 is 2.08 bits per heavy atom. The van der Waals surface area contributed by atoms with Crippen LogP contribution in [0.2, 0.25) is 0 Å². The largest absolute Gasteiger partial charge is 0.368 e. The van der Waals surface area contributed by atoms with Crippen molar-refractivity contribution in [2.24, 2.45) is 16.9 Å². The number of amides is 2. The van der Waals surface area contributed by atoms with Crippen molar-refractivity contribution in [1.29, 1.82) is 0 Å². The van der Waals surface area contributed by atoms with Crippen molar-refractivity contribution in [2.75, 3.05) is 6.54 Å². The van der Waals surface area contributed by atoms with Crippen molar-refractivity contribution >= 4 is 11.8 Å². The van der Waals surface area contributed by atoms with Gasteiger partial charge in [-0.05, 0) is 0 Å². The van der Waals surface area contributed by atoms with Crippen LogP contribution in [0.25, 0.3) is 0 Å². The lowest BCUT2D eigenvalue weighted by atomic mass is 9.95. The summed E-state index contributed by atoms with van der Waals surface area (Å²) in [5, 5.41) is 2.47. The summed E-state index contributed by atoms with van der Waals surface area (Å²) in [5.41, 5.74) is 9.72. The summed E-state index contributed by atoms with van der Waals surface area (Å²) < 4.78 is 0. The van der Waals surface area contributed by atoms with Crippen LogP contribution in [0.3, 0.4) is 0 Å². The smallest absolute Gasteiger partial charge is 0.241 e. The van der Waals surface area contributed by atoms with Gasteiger partial charge in [0.25, 0.3) is 0 Å². The maximum absolute atomic E-state index is 11.4. The van der Waals surface area contributed by atoms with Crippen LogP contribution in [0.15, 0.2) is 0 Å². The van der Waals surface area contributed by atoms with Gasteiger partial charge in [0.2, 0.25) is 11.8 Å². The molecule has 0 rings (SSSR count). The molecule has 0 aromatic carbocycles. The third-order valence-electron chi connectivity index (χ3n) is 1.57. The molecule has 0 saturated heterocycles. The van der Waals surface area contributed by atoms with Crippen molar-refractivity contribution in [3.05, 3.63) is 0 Å². The van der Waals surface area contributed by atoms with Gasteiger partial charge in [-0.2, -0.15) is 0 Å². The van der Waals surface area contributed by atoms with Crippen molar-refractivity contribution in [1.82, 2.24) is 5.32 Å². The van der Waals surface area contributed by atoms with Crippen LogP contribution in [0, 0.1) is 5.41 Å². The minimum absolute atomic E-state index is 0.0250. The number of hydrogen-bond donors (Lipinski definition) is 3. The van der Waals surface area contributed by atoms with E-state index in [1.165, 1.54) is 0 Å². The minimum atomic E-state index is -0.772. The van der Waals surface area contributed by atoms with Gasteiger partial charge in [-0.25, -0.2) is 0 Å². The monoisotopic (exact) mass is 187 g/mol. The van der Waals surface area contributed by atoms with E-state index in [9.17, 15) is 9.59 Å². The lowest BCUT2D eigenvalue weighted by molar-refractivity contribution is -0.132. The number of carbonyl (C=O) groups is 2. The predicted octanol–water partition coefficient (Wildman–Crippen LogP) is -1.04. The number of nitrogens with two attached hydrogens (primary N) is 2. The highest BCUT2D eigenvalue weighted by molar-refractivity contribution is 5.88. The van der Waals surface area contributed by atoms with Crippen LogP contribution < -0.4 is 16.8 Å². The van der Waals surface area contributed by atoms with Gasteiger partial charge in [-0.15, -0.1) is 0 Å². The molecule has 0 aliphatic carbocycles. The summed E-state index contributed by atoms with van der Waals surface area (Å²) in [7, 11) is 0. The molecule has 0 aromatic rings. The molecule has 0 spiro atoms. The van der Waals surface area contributed by atoms with E-state index in [0.717, 1.165) is 0 Å². The quantitative estimate of drug-likeness (QED) is 0.526. The third-order valence-corrected chi connectivity index (χ3v) is 1.57. The van der Waals surface area contributed by atoms with Gasteiger partial charge in [-0.1, -0.05) is 20.8 Å². The van der Waals surface area contributed by atoms with Crippen LogP contribution in [-0.4, -0.2) is 24.4 Å². The Bertz CT molecular complexity index is 208. The van der Waals surface area contributed by atoms with E-state index >= 15 is 0 Å². The van der Waals surface area contributed by atoms with Gasteiger partial charge in [0.1, 0.15) is 6.04 Å². The number of nitrogens with one attached hydrogen (secondary N) is 1. The van der Waals surface area contributed by atoms with E-state index in [1.54, 1.807) is 20.8 Å². The van der Waals surface area contributed by atoms with Gasteiger partial charge >= 0.3 is 0 Å². The summed E-state index contributed by atoms with van der Waals surface area (Å²) in [4.78, 5) is 22.1. The molecule has 2 amide bonds. The van der Waals surface area contributed by atoms with Crippen molar-refractivity contribution < 1.29 is 9.59 Å². The predicted molar refractivity (Wildman–Crippen MR) is 49.6 cm³/mol. The third kappa shape index (κ3) is 3.89. The van der Waals surface area contributed by atoms with Crippen LogP contribution in [-0.2, 0) is 9.59 Å². The highest BCUT2D eigenvalue weighted by atomic mass is 16.2. The lowest BCUT2D eigenvalue weighted by Gasteiger charge is -2.21. The van der Waals surface area contributed by atoms with Crippen molar-refractivity contribution in [3.63, 3.8) is 0 Å². The molecule has 0 aromatic heterocycles. The lowest BCUT2D eigenvalue weighted by Crippen LogP contribution is -2.51. The van der Waals surface area contributed by atoms with Gasteiger partial charge in [-0.3, -0.25) is 9.59 Å². The summed E-state index contributed by atoms with van der Waals surface area (Å²) in [6, 6.07) is -0.772. The molecule has 5 heteroatoms. The second-order valence-electron chi connectivity index (χ2n) is 3.91. The first-order valence-electron chi connectivity index (χ1n) is 4.09. The summed E-state index contributed by atoms with van der Waals surface area (Å²) in [6.07, 6.45) is 0. The fraction of sp³-hybridized carbons (Fsp3) is 0.750. The Balaban J connectivity index is 4.26. The number of rotatable bonds is 3. The summed E-state index contributed by atoms with van der Waals surface area (Å²) >= 11 is 0. The Hall–Kier alpha value is -1.10. The van der Waals surface area contributed by atoms with E-state index in [0.29, 0.717) is 0 Å². The molecule has 0 fully saturated rings. The van der Waals surface area contributed by atoms with Gasteiger partial charge in [0.05, 0.1) is 0 Å². The zero-order valence-corrected chi connectivity index (χ0v) is 8.26. The highest BCUT2D eigenvalue weighted by Gasteiger charge is 2.25. The molecule has 5 nitrogen and oxygen atoms in total. The fourth-order valence-corrected chi connectivity index (χ4v) is 0.621. The standard InChI is InChI=1S/C8H17N3O2/c1-8(2,3)7(13)11-5(4-9)6(10)12/h5H,4,9H2,1-3H3,(H2,10,12)(H,11,13)/t5-/m0/s1. The second-order valence-corrected chi connectivity index (χ2v) is 3.91. The van der Waals surface area contributed by atoms with E-state index in [1.807, 2.05) is 0 Å². The maximum atomic E-state index is 11.4. The molecular weight excluding hydrogens is 170 g/mol. The first-order valence-corrected chi connectivity index (χ1v) is 4.09. The Morgan fingerprint density at radius 2 is 1.85 bits per heavy atom. The van der Waals surface area contributed by atoms with Crippen molar-refractivity contribution in [2.45, 2.75) is 26.8 Å². The molecule has 0 aliphatic heterocycles. The van der Waals surface area contributed by atoms with Crippen molar-refractivity contribution in [3.8, 4) is 0 Å². The minimum Gasteiger partial charge on any atom is -0.368 e. The average molecular weight is 187 g/mol. The van der Waals surface area contributed by atoms with E-state index in [2.05, 4.69) is 5.32 Å². The van der Waals surface area contributed by atoms with E-state index in [-0.39, 0.29) is 12.5 Å². The molecule has 0 unspecified atom stereocenters. The van der Waals surface area contributed by atoms with Gasteiger partial charge in [0.15, 0.2) is 0 Å². The Morgan fingerprint density at radius 1 is 1.38 bits per heavy atom. The summed E-state index contributed by atoms with van der Waals surface area (Å²) in [6.45, 7) is 5.27. The number of carbonyl (C=O) groups excluding carboxylic acids is 2. The van der Waals surface area contributed by atoms with E-state index < -0.39 is 17.4 Å². The van der Waals surface area contributed by atoms with Crippen LogP contribution in [0.4, 0.5) is 0 Å². The van der Waals surface area contributed by atoms with Crippen LogP contribution in [0.1, 0.15) is 20.8 Å². The molecule has 76 valence electrons. The molecular formula is C8H17N3O2. The Kier molecular flexibility index (Phi) is 3.87. The summed E-state index contributed by atoms with van der Waals surface area (Å²) in [5.74, 6) is -0.846. The van der Waals surface area contributed by atoms with E-state index in [4.69, 9.17) is 11.5 Å². The Labute approximate surface area is 77.8 Å². The number of hydrogen-bond acceptors (Lipinski definition) is 3. The molecule has 1 atom stereocenters. The zero-order valence-electron chi connectivity index (χ0n) is 8.26. The fourth-order valence-electron chi connectivity index (χ4n) is 0.621. The average Bonchev–Trinajstić information content (AvgIpc) is 1.96. The first kappa shape index (κ1) is 11.9. The molecule has 0 heterocycles. The normalized spacial score (nSPS) is 13.5.